The maximum absolute atomic E-state index is 5.59. The number of hydrogen-bond acceptors (Lipinski definition) is 2. The van der Waals surface area contributed by atoms with Crippen molar-refractivity contribution >= 4 is 39.5 Å². The van der Waals surface area contributed by atoms with Crippen molar-refractivity contribution in [2.24, 2.45) is 0 Å². The van der Waals surface area contributed by atoms with E-state index in [1.54, 1.807) is 11.3 Å². The molecule has 0 unspecified atom stereocenters. The zero-order valence-electron chi connectivity index (χ0n) is 5.78. The van der Waals surface area contributed by atoms with Crippen molar-refractivity contribution in [2.75, 3.05) is 5.73 Å². The molecule has 1 heterocycles. The summed E-state index contributed by atoms with van der Waals surface area (Å²) < 4.78 is 1.30. The number of hydrogen-bond donors (Lipinski definition) is 1. The molecule has 1 nitrogen and oxygen atoms in total. The average Bonchev–Trinajstić information content (AvgIpc) is 2.33. The van der Waals surface area contributed by atoms with Gasteiger partial charge in [0.15, 0.2) is 0 Å². The lowest BCUT2D eigenvalue weighted by molar-refractivity contribution is 1.79. The van der Waals surface area contributed by atoms with Crippen LogP contribution < -0.4 is 5.73 Å². The Morgan fingerprint density at radius 3 is 2.82 bits per heavy atom. The fraction of sp³-hybridized carbons (Fsp3) is 0. The zero-order valence-corrected chi connectivity index (χ0v) is 7.41. The van der Waals surface area contributed by atoms with Crippen LogP contribution in [-0.4, -0.2) is 0 Å². The minimum atomic E-state index is 0. The molecule has 0 radical (unpaired) electrons. The number of thiophene rings is 1. The Labute approximate surface area is 75.2 Å². The molecular formula is C8H8ClNS. The summed E-state index contributed by atoms with van der Waals surface area (Å²) in [5, 5.41) is 3.31. The highest BCUT2D eigenvalue weighted by atomic mass is 35.5. The molecular weight excluding hydrogens is 178 g/mol. The van der Waals surface area contributed by atoms with Crippen molar-refractivity contribution in [3.8, 4) is 0 Å². The third-order valence-electron chi connectivity index (χ3n) is 1.48. The van der Waals surface area contributed by atoms with Gasteiger partial charge in [-0.25, -0.2) is 0 Å². The van der Waals surface area contributed by atoms with Crippen molar-refractivity contribution in [3.05, 3.63) is 29.6 Å². The molecule has 0 spiro atoms. The predicted molar refractivity (Wildman–Crippen MR) is 53.5 cm³/mol. The minimum Gasteiger partial charge on any atom is -0.399 e. The molecule has 0 bridgehead atoms. The smallest absolute Gasteiger partial charge is 0.0344 e. The van der Waals surface area contributed by atoms with Crippen molar-refractivity contribution in [2.45, 2.75) is 0 Å². The quantitative estimate of drug-likeness (QED) is 0.628. The third-order valence-corrected chi connectivity index (χ3v) is 2.37. The topological polar surface area (TPSA) is 26.0 Å². The molecule has 11 heavy (non-hydrogen) atoms. The van der Waals surface area contributed by atoms with Gasteiger partial charge in [0.2, 0.25) is 0 Å². The van der Waals surface area contributed by atoms with Crippen molar-refractivity contribution < 1.29 is 0 Å². The SMILES string of the molecule is Cl.Nc1ccc2sccc2c1. The van der Waals surface area contributed by atoms with Crippen LogP contribution in [0.5, 0.6) is 0 Å². The Balaban J connectivity index is 0.000000605. The van der Waals surface area contributed by atoms with Gasteiger partial charge in [0.05, 0.1) is 0 Å². The van der Waals surface area contributed by atoms with Crippen LogP contribution in [0.25, 0.3) is 10.1 Å². The normalized spacial score (nSPS) is 9.45. The van der Waals surface area contributed by atoms with E-state index in [-0.39, 0.29) is 12.4 Å². The highest BCUT2D eigenvalue weighted by molar-refractivity contribution is 7.17. The van der Waals surface area contributed by atoms with Crippen LogP contribution >= 0.6 is 23.7 Å². The van der Waals surface area contributed by atoms with E-state index >= 15 is 0 Å². The van der Waals surface area contributed by atoms with Gasteiger partial charge < -0.3 is 5.73 Å². The molecule has 0 fully saturated rings. The lowest BCUT2D eigenvalue weighted by atomic mass is 10.2. The molecule has 2 rings (SSSR count). The second-order valence-corrected chi connectivity index (χ2v) is 3.17. The van der Waals surface area contributed by atoms with E-state index in [4.69, 9.17) is 5.73 Å². The summed E-state index contributed by atoms with van der Waals surface area (Å²) >= 11 is 1.74. The predicted octanol–water partition coefficient (Wildman–Crippen LogP) is 2.91. The van der Waals surface area contributed by atoms with Gasteiger partial charge in [-0.3, -0.25) is 0 Å². The standard InChI is InChI=1S/C8H7NS.ClH/c9-7-1-2-8-6(5-7)3-4-10-8;/h1-5H,9H2;1H. The zero-order chi connectivity index (χ0) is 6.97. The monoisotopic (exact) mass is 185 g/mol. The number of fused-ring (bicyclic) bond motifs is 1. The molecule has 2 aromatic rings. The fourth-order valence-electron chi connectivity index (χ4n) is 0.985. The summed E-state index contributed by atoms with van der Waals surface area (Å²) in [7, 11) is 0. The summed E-state index contributed by atoms with van der Waals surface area (Å²) in [5.74, 6) is 0. The Kier molecular flexibility index (Phi) is 2.37. The van der Waals surface area contributed by atoms with Gasteiger partial charge in [0.25, 0.3) is 0 Å². The van der Waals surface area contributed by atoms with Crippen molar-refractivity contribution in [3.63, 3.8) is 0 Å². The molecule has 0 atom stereocenters. The number of benzene rings is 1. The van der Waals surface area contributed by atoms with Crippen molar-refractivity contribution in [1.82, 2.24) is 0 Å². The number of nitrogen functional groups attached to an aromatic ring is 1. The molecule has 0 aliphatic heterocycles. The van der Waals surface area contributed by atoms with E-state index in [1.807, 2.05) is 12.1 Å². The Bertz CT molecular complexity index is 356. The van der Waals surface area contributed by atoms with Gasteiger partial charge in [-0.05, 0) is 35.0 Å². The van der Waals surface area contributed by atoms with Gasteiger partial charge >= 0.3 is 0 Å². The summed E-state index contributed by atoms with van der Waals surface area (Å²) in [6.07, 6.45) is 0. The first-order valence-corrected chi connectivity index (χ1v) is 3.97. The maximum atomic E-state index is 5.59. The second-order valence-electron chi connectivity index (χ2n) is 2.22. The molecule has 0 amide bonds. The average molecular weight is 186 g/mol. The molecule has 0 saturated carbocycles. The summed E-state index contributed by atoms with van der Waals surface area (Å²) in [6.45, 7) is 0. The van der Waals surface area contributed by atoms with Crippen LogP contribution in [0.3, 0.4) is 0 Å². The van der Waals surface area contributed by atoms with E-state index in [2.05, 4.69) is 17.5 Å². The van der Waals surface area contributed by atoms with Gasteiger partial charge in [0.1, 0.15) is 0 Å². The first-order chi connectivity index (χ1) is 4.86. The Morgan fingerprint density at radius 2 is 2.00 bits per heavy atom. The van der Waals surface area contributed by atoms with E-state index in [1.165, 1.54) is 10.1 Å². The Morgan fingerprint density at radius 1 is 1.18 bits per heavy atom. The van der Waals surface area contributed by atoms with Crippen molar-refractivity contribution in [1.29, 1.82) is 0 Å². The van der Waals surface area contributed by atoms with E-state index in [9.17, 15) is 0 Å². The van der Waals surface area contributed by atoms with E-state index in [0.29, 0.717) is 0 Å². The third kappa shape index (κ3) is 1.47. The van der Waals surface area contributed by atoms with E-state index in [0.717, 1.165) is 5.69 Å². The minimum absolute atomic E-state index is 0. The highest BCUT2D eigenvalue weighted by Gasteiger charge is 1.92. The summed E-state index contributed by atoms with van der Waals surface area (Å²) in [4.78, 5) is 0. The summed E-state index contributed by atoms with van der Waals surface area (Å²) in [5.41, 5.74) is 6.43. The number of rotatable bonds is 0. The maximum Gasteiger partial charge on any atom is 0.0344 e. The number of halogens is 1. The molecule has 1 aromatic heterocycles. The molecule has 1 aromatic carbocycles. The first kappa shape index (κ1) is 8.37. The van der Waals surface area contributed by atoms with E-state index < -0.39 is 0 Å². The molecule has 0 aliphatic carbocycles. The van der Waals surface area contributed by atoms with Gasteiger partial charge in [-0.15, -0.1) is 23.7 Å². The number of nitrogens with two attached hydrogens (primary N) is 1. The molecule has 2 N–H and O–H groups in total. The number of anilines is 1. The van der Waals surface area contributed by atoms with Crippen LogP contribution in [0.1, 0.15) is 0 Å². The second kappa shape index (κ2) is 3.11. The Hall–Kier alpha value is -0.730. The van der Waals surface area contributed by atoms with Crippen LogP contribution in [-0.2, 0) is 0 Å². The molecule has 0 aliphatic rings. The van der Waals surface area contributed by atoms with Gasteiger partial charge in [-0.2, -0.15) is 0 Å². The van der Waals surface area contributed by atoms with Crippen LogP contribution in [0.2, 0.25) is 0 Å². The highest BCUT2D eigenvalue weighted by Crippen LogP contribution is 2.22. The van der Waals surface area contributed by atoms with Crippen LogP contribution in [0.4, 0.5) is 5.69 Å². The molecule has 3 heteroatoms. The largest absolute Gasteiger partial charge is 0.399 e. The lowest BCUT2D eigenvalue weighted by Crippen LogP contribution is -1.80. The van der Waals surface area contributed by atoms with Crippen LogP contribution in [0.15, 0.2) is 29.6 Å². The molecule has 58 valence electrons. The van der Waals surface area contributed by atoms with Gasteiger partial charge in [0, 0.05) is 10.4 Å². The molecule has 0 saturated heterocycles. The lowest BCUT2D eigenvalue weighted by Gasteiger charge is -1.90. The summed E-state index contributed by atoms with van der Waals surface area (Å²) in [6, 6.07) is 8.05. The van der Waals surface area contributed by atoms with Gasteiger partial charge in [-0.1, -0.05) is 0 Å². The fourth-order valence-corrected chi connectivity index (χ4v) is 1.76. The van der Waals surface area contributed by atoms with Crippen LogP contribution in [0, 0.1) is 0 Å². The first-order valence-electron chi connectivity index (χ1n) is 3.09.